The molecule has 3 N–H and O–H groups in total. The van der Waals surface area contributed by atoms with Crippen LogP contribution in [0.5, 0.6) is 5.75 Å². The van der Waals surface area contributed by atoms with Crippen LogP contribution in [0.1, 0.15) is 11.3 Å². The number of benzene rings is 1. The van der Waals surface area contributed by atoms with Crippen LogP contribution in [0.3, 0.4) is 0 Å². The van der Waals surface area contributed by atoms with Crippen molar-refractivity contribution in [1.29, 1.82) is 0 Å². The second-order valence-corrected chi connectivity index (χ2v) is 7.84. The molecule has 7 nitrogen and oxygen atoms in total. The van der Waals surface area contributed by atoms with Crippen LogP contribution in [-0.4, -0.2) is 58.2 Å². The Kier molecular flexibility index (Phi) is 4.66. The number of H-pyrrole nitrogens is 1. The smallest absolute Gasteiger partial charge is 0.264 e. The molecule has 0 aliphatic carbocycles. The highest BCUT2D eigenvalue weighted by Crippen LogP contribution is 2.43. The number of carbonyl (C=O) groups is 1. The molecule has 3 aromatic rings. The van der Waals surface area contributed by atoms with Gasteiger partial charge < -0.3 is 25.0 Å². The van der Waals surface area contributed by atoms with Crippen molar-refractivity contribution in [3.05, 3.63) is 46.7 Å². The fourth-order valence-corrected chi connectivity index (χ4v) is 4.39. The van der Waals surface area contributed by atoms with E-state index in [2.05, 4.69) is 15.3 Å². The minimum Gasteiger partial charge on any atom is -0.479 e. The Morgan fingerprint density at radius 1 is 1.28 bits per heavy atom. The Morgan fingerprint density at radius 3 is 2.90 bits per heavy atom. The third kappa shape index (κ3) is 3.25. The lowest BCUT2D eigenvalue weighted by Crippen LogP contribution is -2.50. The molecule has 2 aromatic heterocycles. The van der Waals surface area contributed by atoms with Gasteiger partial charge in [-0.15, -0.1) is 0 Å². The largest absolute Gasteiger partial charge is 0.479 e. The maximum Gasteiger partial charge on any atom is 0.264 e. The summed E-state index contributed by atoms with van der Waals surface area (Å²) in [6.07, 6.45) is 1.69. The summed E-state index contributed by atoms with van der Waals surface area (Å²) in [7, 11) is 0. The standard InChI is InChI=1S/C21H21ClN4O3/c22-13-7-12-8-18(21(28)26-5-3-23-4-6-26)29-19(12)16(9-13)15-1-2-24-20-17(15)10-14(11-27)25-20/h1-2,7,9-10,18,23,27H,3-6,8,11H2,(H,24,25). The first-order chi connectivity index (χ1) is 14.1. The highest BCUT2D eigenvalue weighted by molar-refractivity contribution is 6.31. The number of ether oxygens (including phenoxy) is 1. The van der Waals surface area contributed by atoms with Crippen LogP contribution in [0.2, 0.25) is 5.02 Å². The van der Waals surface area contributed by atoms with Crippen LogP contribution in [0, 0.1) is 0 Å². The number of piperazine rings is 1. The number of nitrogens with zero attached hydrogens (tertiary/aromatic N) is 2. The SMILES string of the molecule is O=C(C1Cc2cc(Cl)cc(-c3ccnc4[nH]c(CO)cc34)c2O1)N1CCNCC1. The van der Waals surface area contributed by atoms with Gasteiger partial charge in [0.1, 0.15) is 11.4 Å². The quantitative estimate of drug-likeness (QED) is 0.613. The van der Waals surface area contributed by atoms with Crippen molar-refractivity contribution in [2.24, 2.45) is 0 Å². The third-order valence-corrected chi connectivity index (χ3v) is 5.77. The van der Waals surface area contributed by atoms with E-state index in [9.17, 15) is 9.90 Å². The predicted octanol–water partition coefficient (Wildman–Crippen LogP) is 2.11. The molecule has 1 aromatic carbocycles. The Balaban J connectivity index is 1.54. The number of hydrogen-bond acceptors (Lipinski definition) is 5. The number of hydrogen-bond donors (Lipinski definition) is 3. The van der Waals surface area contributed by atoms with E-state index in [0.29, 0.717) is 41.6 Å². The average molecular weight is 413 g/mol. The molecule has 1 fully saturated rings. The number of aliphatic hydroxyl groups is 1. The van der Waals surface area contributed by atoms with E-state index in [1.165, 1.54) is 0 Å². The van der Waals surface area contributed by atoms with Gasteiger partial charge in [-0.05, 0) is 29.8 Å². The van der Waals surface area contributed by atoms with E-state index in [1.54, 1.807) is 6.20 Å². The van der Waals surface area contributed by atoms with E-state index < -0.39 is 6.10 Å². The van der Waals surface area contributed by atoms with Crippen LogP contribution < -0.4 is 10.1 Å². The number of aliphatic hydroxyl groups excluding tert-OH is 1. The summed E-state index contributed by atoms with van der Waals surface area (Å²) >= 11 is 6.42. The molecule has 5 rings (SSSR count). The molecule has 2 aliphatic heterocycles. The van der Waals surface area contributed by atoms with Gasteiger partial charge in [-0.1, -0.05) is 11.6 Å². The zero-order valence-corrected chi connectivity index (χ0v) is 16.5. The molecule has 0 spiro atoms. The van der Waals surface area contributed by atoms with Crippen LogP contribution in [0.4, 0.5) is 0 Å². The molecular formula is C21H21ClN4O3. The van der Waals surface area contributed by atoms with Crippen molar-refractivity contribution in [3.8, 4) is 16.9 Å². The number of aromatic amines is 1. The normalized spacial score (nSPS) is 18.7. The van der Waals surface area contributed by atoms with Gasteiger partial charge in [0.15, 0.2) is 6.10 Å². The summed E-state index contributed by atoms with van der Waals surface area (Å²) in [4.78, 5) is 22.3. The minimum absolute atomic E-state index is 0.0221. The molecule has 0 bridgehead atoms. The summed E-state index contributed by atoms with van der Waals surface area (Å²) in [6, 6.07) is 7.51. The Labute approximate surface area is 172 Å². The van der Waals surface area contributed by atoms with Gasteiger partial charge in [-0.25, -0.2) is 4.98 Å². The molecule has 0 saturated carbocycles. The van der Waals surface area contributed by atoms with E-state index in [-0.39, 0.29) is 12.5 Å². The van der Waals surface area contributed by atoms with Gasteiger partial charge in [0.2, 0.25) is 0 Å². The Morgan fingerprint density at radius 2 is 2.10 bits per heavy atom. The number of carbonyl (C=O) groups excluding carboxylic acids is 1. The Hall–Kier alpha value is -2.61. The monoisotopic (exact) mass is 412 g/mol. The highest BCUT2D eigenvalue weighted by Gasteiger charge is 2.35. The lowest BCUT2D eigenvalue weighted by Gasteiger charge is -2.29. The molecule has 1 unspecified atom stereocenters. The molecule has 1 atom stereocenters. The number of halogens is 1. The van der Waals surface area contributed by atoms with E-state index in [0.717, 1.165) is 35.2 Å². The first kappa shape index (κ1) is 18.4. The number of fused-ring (bicyclic) bond motifs is 2. The van der Waals surface area contributed by atoms with Gasteiger partial charge in [-0.3, -0.25) is 4.79 Å². The van der Waals surface area contributed by atoms with Crippen molar-refractivity contribution >= 4 is 28.5 Å². The molecule has 8 heteroatoms. The summed E-state index contributed by atoms with van der Waals surface area (Å²) in [5, 5.41) is 14.2. The first-order valence-corrected chi connectivity index (χ1v) is 10.1. The van der Waals surface area contributed by atoms with Crippen LogP contribution in [0.15, 0.2) is 30.5 Å². The summed E-state index contributed by atoms with van der Waals surface area (Å²) in [6.45, 7) is 2.90. The van der Waals surface area contributed by atoms with Crippen molar-refractivity contribution in [2.45, 2.75) is 19.1 Å². The second kappa shape index (κ2) is 7.33. The number of nitrogens with one attached hydrogen (secondary N) is 2. The second-order valence-electron chi connectivity index (χ2n) is 7.40. The number of amides is 1. The lowest BCUT2D eigenvalue weighted by atomic mass is 9.99. The van der Waals surface area contributed by atoms with Crippen LogP contribution in [0.25, 0.3) is 22.2 Å². The first-order valence-electron chi connectivity index (χ1n) is 9.70. The van der Waals surface area contributed by atoms with Gasteiger partial charge >= 0.3 is 0 Å². The highest BCUT2D eigenvalue weighted by atomic mass is 35.5. The zero-order valence-electron chi connectivity index (χ0n) is 15.7. The fourth-order valence-electron chi connectivity index (χ4n) is 4.15. The molecule has 1 saturated heterocycles. The lowest BCUT2D eigenvalue weighted by molar-refractivity contribution is -0.138. The van der Waals surface area contributed by atoms with Crippen LogP contribution >= 0.6 is 11.6 Å². The fraction of sp³-hybridized carbons (Fsp3) is 0.333. The predicted molar refractivity (Wildman–Crippen MR) is 110 cm³/mol. The molecule has 150 valence electrons. The molecule has 4 heterocycles. The molecular weight excluding hydrogens is 392 g/mol. The van der Waals surface area contributed by atoms with Crippen molar-refractivity contribution in [3.63, 3.8) is 0 Å². The molecule has 0 radical (unpaired) electrons. The number of rotatable bonds is 3. The van der Waals surface area contributed by atoms with Gasteiger partial charge in [0.05, 0.1) is 6.61 Å². The maximum atomic E-state index is 13.0. The van der Waals surface area contributed by atoms with Crippen molar-refractivity contribution in [1.82, 2.24) is 20.2 Å². The molecule has 2 aliphatic rings. The van der Waals surface area contributed by atoms with E-state index in [1.807, 2.05) is 29.2 Å². The number of pyridine rings is 1. The van der Waals surface area contributed by atoms with Crippen LogP contribution in [-0.2, 0) is 17.8 Å². The van der Waals surface area contributed by atoms with Gasteiger partial charge in [0.25, 0.3) is 5.91 Å². The topological polar surface area (TPSA) is 90.5 Å². The Bertz CT molecular complexity index is 1090. The summed E-state index contributed by atoms with van der Waals surface area (Å²) in [5.74, 6) is 0.719. The molecule has 1 amide bonds. The summed E-state index contributed by atoms with van der Waals surface area (Å²) < 4.78 is 6.19. The maximum absolute atomic E-state index is 13.0. The zero-order chi connectivity index (χ0) is 20.0. The van der Waals surface area contributed by atoms with Gasteiger partial charge in [-0.2, -0.15) is 0 Å². The van der Waals surface area contributed by atoms with Crippen molar-refractivity contribution in [2.75, 3.05) is 26.2 Å². The average Bonchev–Trinajstić information content (AvgIpc) is 3.36. The summed E-state index contributed by atoms with van der Waals surface area (Å²) in [5.41, 5.74) is 4.04. The number of aromatic nitrogens is 2. The molecule has 29 heavy (non-hydrogen) atoms. The van der Waals surface area contributed by atoms with E-state index in [4.69, 9.17) is 16.3 Å². The third-order valence-electron chi connectivity index (χ3n) is 5.55. The van der Waals surface area contributed by atoms with Crippen molar-refractivity contribution < 1.29 is 14.6 Å². The van der Waals surface area contributed by atoms with Gasteiger partial charge in [0, 0.05) is 66.0 Å². The van der Waals surface area contributed by atoms with E-state index >= 15 is 0 Å². The minimum atomic E-state index is -0.531.